The summed E-state index contributed by atoms with van der Waals surface area (Å²) in [5.74, 6) is 0.0735. The standard InChI is InChI=1S/C20H15N7O4S/c28-15-8-14(27(20(30)23-15)9-11-4-3-7-31-11)22-16(29)10-32-19-24-18-17(25-26-19)12-5-1-2-6-13(12)21-18/h1-8H,9-10H2,(H,22,29)(H,21,24,26)(H,23,28,30). The molecule has 0 radical (unpaired) electrons. The van der Waals surface area contributed by atoms with E-state index in [0.717, 1.165) is 28.7 Å². The molecule has 5 rings (SSSR count). The maximum Gasteiger partial charge on any atom is 0.330 e. The van der Waals surface area contributed by atoms with E-state index in [-0.39, 0.29) is 18.1 Å². The van der Waals surface area contributed by atoms with E-state index in [4.69, 9.17) is 4.42 Å². The van der Waals surface area contributed by atoms with Crippen LogP contribution in [0.1, 0.15) is 5.76 Å². The topological polar surface area (TPSA) is 152 Å². The van der Waals surface area contributed by atoms with Crippen LogP contribution >= 0.6 is 11.8 Å². The van der Waals surface area contributed by atoms with Gasteiger partial charge in [-0.3, -0.25) is 19.1 Å². The summed E-state index contributed by atoms with van der Waals surface area (Å²) in [6.07, 6.45) is 1.47. The molecule has 3 N–H and O–H groups in total. The van der Waals surface area contributed by atoms with Gasteiger partial charge in [0.25, 0.3) is 5.56 Å². The first-order valence-electron chi connectivity index (χ1n) is 9.47. The number of aromatic nitrogens is 6. The predicted molar refractivity (Wildman–Crippen MR) is 118 cm³/mol. The molecule has 0 saturated carbocycles. The Bertz CT molecular complexity index is 1550. The monoisotopic (exact) mass is 449 g/mol. The first-order valence-corrected chi connectivity index (χ1v) is 10.5. The molecule has 0 aliphatic carbocycles. The molecule has 32 heavy (non-hydrogen) atoms. The van der Waals surface area contributed by atoms with E-state index in [9.17, 15) is 14.4 Å². The van der Waals surface area contributed by atoms with Gasteiger partial charge in [0, 0.05) is 17.0 Å². The van der Waals surface area contributed by atoms with Crippen molar-refractivity contribution in [3.8, 4) is 0 Å². The van der Waals surface area contributed by atoms with E-state index in [1.54, 1.807) is 12.1 Å². The lowest BCUT2D eigenvalue weighted by atomic mass is 10.2. The minimum atomic E-state index is -0.659. The number of carbonyl (C=O) groups excluding carboxylic acids is 1. The van der Waals surface area contributed by atoms with Gasteiger partial charge in [0.15, 0.2) is 5.65 Å². The Morgan fingerprint density at radius 1 is 1.12 bits per heavy atom. The van der Waals surface area contributed by atoms with Gasteiger partial charge in [-0.15, -0.1) is 10.2 Å². The first kappa shape index (κ1) is 19.8. The van der Waals surface area contributed by atoms with Crippen LogP contribution in [0.4, 0.5) is 5.82 Å². The molecule has 0 saturated heterocycles. The zero-order valence-corrected chi connectivity index (χ0v) is 17.2. The summed E-state index contributed by atoms with van der Waals surface area (Å²) in [6, 6.07) is 12.2. The van der Waals surface area contributed by atoms with E-state index in [1.807, 2.05) is 24.3 Å². The number of thioether (sulfide) groups is 1. The zero-order chi connectivity index (χ0) is 22.1. The lowest BCUT2D eigenvalue weighted by Crippen LogP contribution is -2.33. The largest absolute Gasteiger partial charge is 0.467 e. The highest BCUT2D eigenvalue weighted by Gasteiger charge is 2.14. The minimum absolute atomic E-state index is 0.0465. The molecular weight excluding hydrogens is 434 g/mol. The van der Waals surface area contributed by atoms with Gasteiger partial charge in [0.2, 0.25) is 11.1 Å². The molecule has 5 aromatic rings. The number of furan rings is 1. The van der Waals surface area contributed by atoms with E-state index < -0.39 is 17.2 Å². The second-order valence-corrected chi connectivity index (χ2v) is 7.73. The molecule has 0 unspecified atom stereocenters. The van der Waals surface area contributed by atoms with Crippen LogP contribution in [-0.4, -0.2) is 41.4 Å². The smallest absolute Gasteiger partial charge is 0.330 e. The van der Waals surface area contributed by atoms with E-state index in [2.05, 4.69) is 30.5 Å². The van der Waals surface area contributed by atoms with Crippen LogP contribution in [0.15, 0.2) is 67.9 Å². The molecule has 0 atom stereocenters. The van der Waals surface area contributed by atoms with Crippen LogP contribution in [0.5, 0.6) is 0 Å². The molecular formula is C20H15N7O4S. The normalized spacial score (nSPS) is 11.2. The molecule has 0 fully saturated rings. The van der Waals surface area contributed by atoms with Crippen LogP contribution in [0.3, 0.4) is 0 Å². The number of aromatic amines is 2. The Morgan fingerprint density at radius 3 is 2.84 bits per heavy atom. The number of rotatable bonds is 6. The molecule has 160 valence electrons. The average molecular weight is 449 g/mol. The number of anilines is 1. The highest BCUT2D eigenvalue weighted by atomic mass is 32.2. The number of para-hydroxylation sites is 1. The Kier molecular flexibility index (Phi) is 5.03. The number of fused-ring (bicyclic) bond motifs is 3. The molecule has 0 spiro atoms. The number of carbonyl (C=O) groups is 1. The number of nitrogens with one attached hydrogen (secondary N) is 3. The van der Waals surface area contributed by atoms with Crippen molar-refractivity contribution in [1.82, 2.24) is 29.7 Å². The van der Waals surface area contributed by atoms with Crippen molar-refractivity contribution in [2.24, 2.45) is 0 Å². The number of nitrogens with zero attached hydrogens (tertiary/aromatic N) is 4. The van der Waals surface area contributed by atoms with Crippen molar-refractivity contribution >= 4 is 45.6 Å². The van der Waals surface area contributed by atoms with Crippen LogP contribution < -0.4 is 16.6 Å². The molecule has 0 aliphatic heterocycles. The third-order valence-corrected chi connectivity index (χ3v) is 5.47. The maximum atomic E-state index is 12.5. The van der Waals surface area contributed by atoms with Gasteiger partial charge in [-0.1, -0.05) is 30.0 Å². The Morgan fingerprint density at radius 2 is 2.00 bits per heavy atom. The SMILES string of the molecule is O=C(CSc1nnc2c(n1)[nH]c1ccccc12)Nc1cc(=O)[nH]c(=O)n1Cc1ccco1. The molecule has 4 aromatic heterocycles. The van der Waals surface area contributed by atoms with Crippen molar-refractivity contribution in [2.45, 2.75) is 11.7 Å². The van der Waals surface area contributed by atoms with Crippen LogP contribution in [0.25, 0.3) is 22.1 Å². The fraction of sp³-hybridized carbons (Fsp3) is 0.100. The van der Waals surface area contributed by atoms with Crippen molar-refractivity contribution in [2.75, 3.05) is 11.1 Å². The summed E-state index contributed by atoms with van der Waals surface area (Å²) >= 11 is 1.08. The third kappa shape index (κ3) is 3.90. The van der Waals surface area contributed by atoms with Crippen LogP contribution in [0, 0.1) is 0 Å². The van der Waals surface area contributed by atoms with Crippen molar-refractivity contribution < 1.29 is 9.21 Å². The van der Waals surface area contributed by atoms with E-state index >= 15 is 0 Å². The molecule has 1 aromatic carbocycles. The number of hydrogen-bond acceptors (Lipinski definition) is 8. The Labute approximate surface area is 182 Å². The summed E-state index contributed by atoms with van der Waals surface area (Å²) in [7, 11) is 0. The molecule has 12 heteroatoms. The Balaban J connectivity index is 1.32. The summed E-state index contributed by atoms with van der Waals surface area (Å²) in [4.78, 5) is 46.2. The summed E-state index contributed by atoms with van der Waals surface area (Å²) in [6.45, 7) is 0.0510. The second kappa shape index (κ2) is 8.15. The highest BCUT2D eigenvalue weighted by Crippen LogP contribution is 2.23. The van der Waals surface area contributed by atoms with Gasteiger partial charge in [-0.05, 0) is 18.2 Å². The molecule has 0 aliphatic rings. The van der Waals surface area contributed by atoms with Gasteiger partial charge in [0.1, 0.15) is 17.1 Å². The number of hydrogen-bond donors (Lipinski definition) is 3. The zero-order valence-electron chi connectivity index (χ0n) is 16.4. The number of benzene rings is 1. The lowest BCUT2D eigenvalue weighted by Gasteiger charge is -2.11. The molecule has 4 heterocycles. The number of amides is 1. The van der Waals surface area contributed by atoms with Crippen LogP contribution in [0.2, 0.25) is 0 Å². The molecule has 11 nitrogen and oxygen atoms in total. The average Bonchev–Trinajstić information content (AvgIpc) is 3.41. The summed E-state index contributed by atoms with van der Waals surface area (Å²) < 4.78 is 6.46. The van der Waals surface area contributed by atoms with Gasteiger partial charge < -0.3 is 14.7 Å². The van der Waals surface area contributed by atoms with Crippen molar-refractivity contribution in [3.05, 3.63) is 75.3 Å². The summed E-state index contributed by atoms with van der Waals surface area (Å²) in [5, 5.41) is 12.1. The Hall–Kier alpha value is -4.19. The van der Waals surface area contributed by atoms with Gasteiger partial charge in [0.05, 0.1) is 18.6 Å². The van der Waals surface area contributed by atoms with Gasteiger partial charge in [-0.25, -0.2) is 9.78 Å². The highest BCUT2D eigenvalue weighted by molar-refractivity contribution is 7.99. The third-order valence-electron chi connectivity index (χ3n) is 4.63. The van der Waals surface area contributed by atoms with E-state index in [0.29, 0.717) is 22.1 Å². The second-order valence-electron chi connectivity index (χ2n) is 6.79. The van der Waals surface area contributed by atoms with Crippen LogP contribution in [-0.2, 0) is 11.3 Å². The minimum Gasteiger partial charge on any atom is -0.467 e. The lowest BCUT2D eigenvalue weighted by molar-refractivity contribution is -0.113. The van der Waals surface area contributed by atoms with E-state index in [1.165, 1.54) is 10.8 Å². The quantitative estimate of drug-likeness (QED) is 0.332. The van der Waals surface area contributed by atoms with Crippen molar-refractivity contribution in [1.29, 1.82) is 0 Å². The fourth-order valence-electron chi connectivity index (χ4n) is 3.22. The molecule has 1 amide bonds. The van der Waals surface area contributed by atoms with Gasteiger partial charge in [-0.2, -0.15) is 0 Å². The first-order chi connectivity index (χ1) is 15.6. The van der Waals surface area contributed by atoms with Crippen molar-refractivity contribution in [3.63, 3.8) is 0 Å². The number of H-pyrrole nitrogens is 2. The maximum absolute atomic E-state index is 12.5. The van der Waals surface area contributed by atoms with Gasteiger partial charge >= 0.3 is 5.69 Å². The predicted octanol–water partition coefficient (Wildman–Crippen LogP) is 1.73. The molecule has 0 bridgehead atoms. The fourth-order valence-corrected chi connectivity index (χ4v) is 3.80. The summed E-state index contributed by atoms with van der Waals surface area (Å²) in [5.41, 5.74) is 0.845.